The number of alkyl halides is 2. The first kappa shape index (κ1) is 24.2. The minimum atomic E-state index is -2.44. The van der Waals surface area contributed by atoms with Gasteiger partial charge < -0.3 is 4.74 Å². The van der Waals surface area contributed by atoms with Gasteiger partial charge in [0.2, 0.25) is 0 Å². The Balaban J connectivity index is 1.58. The van der Waals surface area contributed by atoms with E-state index in [-0.39, 0.29) is 11.9 Å². The second kappa shape index (κ2) is 14.0. The van der Waals surface area contributed by atoms with Crippen molar-refractivity contribution in [1.29, 1.82) is 0 Å². The van der Waals surface area contributed by atoms with Crippen LogP contribution in [0.3, 0.4) is 0 Å². The number of carbonyl (C=O) groups is 1. The number of unbranched alkanes of at least 4 members (excludes halogenated alkanes) is 7. The van der Waals surface area contributed by atoms with Gasteiger partial charge >= 0.3 is 5.97 Å². The normalized spacial score (nSPS) is 19.4. The zero-order valence-corrected chi connectivity index (χ0v) is 18.5. The summed E-state index contributed by atoms with van der Waals surface area (Å²) in [5, 5.41) is 0. The van der Waals surface area contributed by atoms with E-state index < -0.39 is 5.76 Å². The largest absolute Gasteiger partial charge is 0.426 e. The molecule has 2 nitrogen and oxygen atoms in total. The summed E-state index contributed by atoms with van der Waals surface area (Å²) >= 11 is 0.494. The third-order valence-corrected chi connectivity index (χ3v) is 6.64. The number of thioether (sulfide) groups is 1. The fourth-order valence-electron chi connectivity index (χ4n) is 4.14. The number of benzene rings is 1. The van der Waals surface area contributed by atoms with Gasteiger partial charge in [-0.1, -0.05) is 76.5 Å². The number of halogens is 2. The summed E-state index contributed by atoms with van der Waals surface area (Å²) in [4.78, 5) is 12.9. The molecule has 0 aliphatic heterocycles. The third kappa shape index (κ3) is 9.97. The average Bonchev–Trinajstić information content (AvgIpc) is 2.71. The molecule has 1 aliphatic rings. The van der Waals surface area contributed by atoms with Gasteiger partial charge in [-0.3, -0.25) is 4.79 Å². The highest BCUT2D eigenvalue weighted by Crippen LogP contribution is 2.33. The molecule has 0 saturated heterocycles. The van der Waals surface area contributed by atoms with Gasteiger partial charge in [0.25, 0.3) is 5.76 Å². The minimum Gasteiger partial charge on any atom is -0.426 e. The maximum absolute atomic E-state index is 12.4. The van der Waals surface area contributed by atoms with Crippen LogP contribution in [0, 0.1) is 11.8 Å². The van der Waals surface area contributed by atoms with Crippen LogP contribution in [0.5, 0.6) is 5.75 Å². The summed E-state index contributed by atoms with van der Waals surface area (Å²) in [6.45, 7) is 2.25. The highest BCUT2D eigenvalue weighted by atomic mass is 32.2. The first-order valence-corrected chi connectivity index (χ1v) is 12.2. The van der Waals surface area contributed by atoms with E-state index in [0.29, 0.717) is 22.4 Å². The van der Waals surface area contributed by atoms with Gasteiger partial charge in [0.05, 0.1) is 5.92 Å². The van der Waals surface area contributed by atoms with E-state index in [9.17, 15) is 13.6 Å². The summed E-state index contributed by atoms with van der Waals surface area (Å²) < 4.78 is 30.2. The number of hydrogen-bond acceptors (Lipinski definition) is 3. The molecule has 164 valence electrons. The SMILES string of the molecule is CCCCCCCCCCC1CCC(C(=O)Oc2ccc(SC(F)F)cc2)CC1. The second-order valence-corrected chi connectivity index (χ2v) is 9.32. The van der Waals surface area contributed by atoms with Crippen LogP contribution >= 0.6 is 11.8 Å². The van der Waals surface area contributed by atoms with E-state index in [1.165, 1.54) is 57.8 Å². The van der Waals surface area contributed by atoms with E-state index in [1.54, 1.807) is 24.3 Å². The lowest BCUT2D eigenvalue weighted by molar-refractivity contribution is -0.140. The Morgan fingerprint density at radius 2 is 1.55 bits per heavy atom. The maximum atomic E-state index is 12.4. The number of rotatable bonds is 13. The first-order chi connectivity index (χ1) is 14.1. The van der Waals surface area contributed by atoms with E-state index in [1.807, 2.05) is 0 Å². The molecule has 0 N–H and O–H groups in total. The molecule has 1 fully saturated rings. The number of esters is 1. The molecular weight excluding hydrogens is 390 g/mol. The van der Waals surface area contributed by atoms with Crippen LogP contribution in [-0.2, 0) is 4.79 Å². The molecule has 1 saturated carbocycles. The molecule has 5 heteroatoms. The molecule has 0 atom stereocenters. The molecule has 1 aliphatic carbocycles. The third-order valence-electron chi connectivity index (χ3n) is 5.91. The summed E-state index contributed by atoms with van der Waals surface area (Å²) in [7, 11) is 0. The molecule has 0 bridgehead atoms. The predicted molar refractivity (Wildman–Crippen MR) is 117 cm³/mol. The molecule has 0 radical (unpaired) electrons. The molecule has 29 heavy (non-hydrogen) atoms. The molecule has 1 aromatic carbocycles. The lowest BCUT2D eigenvalue weighted by Crippen LogP contribution is -2.25. The van der Waals surface area contributed by atoms with Crippen LogP contribution in [0.25, 0.3) is 0 Å². The standard InChI is InChI=1S/C24H36F2O2S/c1-2-3-4-5-6-7-8-9-10-19-11-13-20(14-12-19)23(27)28-21-15-17-22(18-16-21)29-24(25)26/h15-20,24H,2-14H2,1H3. The Hall–Kier alpha value is -1.10. The zero-order valence-electron chi connectivity index (χ0n) is 17.7. The topological polar surface area (TPSA) is 26.3 Å². The fraction of sp³-hybridized carbons (Fsp3) is 0.708. The lowest BCUT2D eigenvalue weighted by atomic mass is 9.80. The molecule has 2 rings (SSSR count). The molecule has 0 heterocycles. The van der Waals surface area contributed by atoms with Crippen LogP contribution < -0.4 is 4.74 Å². The average molecular weight is 427 g/mol. The van der Waals surface area contributed by atoms with Gasteiger partial charge in [0, 0.05) is 4.90 Å². The van der Waals surface area contributed by atoms with Crippen LogP contribution in [-0.4, -0.2) is 11.7 Å². The Kier molecular flexibility index (Phi) is 11.7. The van der Waals surface area contributed by atoms with Crippen molar-refractivity contribution in [3.05, 3.63) is 24.3 Å². The predicted octanol–water partition coefficient (Wildman–Crippen LogP) is 8.24. The van der Waals surface area contributed by atoms with Gasteiger partial charge in [0.15, 0.2) is 0 Å². The summed E-state index contributed by atoms with van der Waals surface area (Å²) in [6, 6.07) is 6.33. The number of hydrogen-bond donors (Lipinski definition) is 0. The van der Waals surface area contributed by atoms with Crippen LogP contribution in [0.4, 0.5) is 8.78 Å². The van der Waals surface area contributed by atoms with E-state index >= 15 is 0 Å². The van der Waals surface area contributed by atoms with Crippen LogP contribution in [0.1, 0.15) is 90.4 Å². The van der Waals surface area contributed by atoms with E-state index in [0.717, 1.165) is 31.6 Å². The van der Waals surface area contributed by atoms with E-state index in [4.69, 9.17) is 4.74 Å². The van der Waals surface area contributed by atoms with Crippen molar-refractivity contribution in [2.24, 2.45) is 11.8 Å². The van der Waals surface area contributed by atoms with Crippen LogP contribution in [0.15, 0.2) is 29.2 Å². The monoisotopic (exact) mass is 426 g/mol. The van der Waals surface area contributed by atoms with Crippen molar-refractivity contribution < 1.29 is 18.3 Å². The summed E-state index contributed by atoms with van der Waals surface area (Å²) in [5.74, 6) is -1.45. The van der Waals surface area contributed by atoms with Crippen molar-refractivity contribution in [3.8, 4) is 5.75 Å². The summed E-state index contributed by atoms with van der Waals surface area (Å²) in [6.07, 6.45) is 16.2. The molecule has 0 spiro atoms. The molecule has 0 aromatic heterocycles. The van der Waals surface area contributed by atoms with Crippen LogP contribution in [0.2, 0.25) is 0 Å². The molecule has 0 unspecified atom stereocenters. The highest BCUT2D eigenvalue weighted by Gasteiger charge is 2.27. The quantitative estimate of drug-likeness (QED) is 0.137. The van der Waals surface area contributed by atoms with Crippen molar-refractivity contribution in [2.45, 2.75) is 101 Å². The van der Waals surface area contributed by atoms with Gasteiger partial charge in [-0.2, -0.15) is 8.78 Å². The zero-order chi connectivity index (χ0) is 20.9. The van der Waals surface area contributed by atoms with Gasteiger partial charge in [-0.25, -0.2) is 0 Å². The van der Waals surface area contributed by atoms with Crippen molar-refractivity contribution >= 4 is 17.7 Å². The summed E-state index contributed by atoms with van der Waals surface area (Å²) in [5.41, 5.74) is 0. The van der Waals surface area contributed by atoms with Crippen molar-refractivity contribution in [1.82, 2.24) is 0 Å². The Morgan fingerprint density at radius 3 is 2.14 bits per heavy atom. The maximum Gasteiger partial charge on any atom is 0.314 e. The lowest BCUT2D eigenvalue weighted by Gasteiger charge is -2.27. The second-order valence-electron chi connectivity index (χ2n) is 8.25. The molecule has 0 amide bonds. The van der Waals surface area contributed by atoms with Crippen molar-refractivity contribution in [3.63, 3.8) is 0 Å². The Labute approximate surface area is 179 Å². The molecule has 1 aromatic rings. The Morgan fingerprint density at radius 1 is 0.966 bits per heavy atom. The number of carbonyl (C=O) groups excluding carboxylic acids is 1. The minimum absolute atomic E-state index is 0.0278. The molecular formula is C24H36F2O2S. The highest BCUT2D eigenvalue weighted by molar-refractivity contribution is 7.99. The number of ether oxygens (including phenoxy) is 1. The Bertz CT molecular complexity index is 569. The van der Waals surface area contributed by atoms with Crippen molar-refractivity contribution in [2.75, 3.05) is 0 Å². The smallest absolute Gasteiger partial charge is 0.314 e. The first-order valence-electron chi connectivity index (χ1n) is 11.3. The van der Waals surface area contributed by atoms with Gasteiger partial charge in [-0.05, 0) is 55.9 Å². The van der Waals surface area contributed by atoms with E-state index in [2.05, 4.69) is 6.92 Å². The van der Waals surface area contributed by atoms with Gasteiger partial charge in [-0.15, -0.1) is 0 Å². The fourth-order valence-corrected chi connectivity index (χ4v) is 4.64. The van der Waals surface area contributed by atoms with Gasteiger partial charge in [0.1, 0.15) is 5.75 Å².